The maximum Gasteiger partial charge on any atom is 0.224 e. The third-order valence-corrected chi connectivity index (χ3v) is 8.42. The van der Waals surface area contributed by atoms with Crippen molar-refractivity contribution in [2.75, 3.05) is 17.4 Å². The second kappa shape index (κ2) is 20.0. The van der Waals surface area contributed by atoms with Crippen molar-refractivity contribution >= 4 is 40.3 Å². The Hall–Kier alpha value is -1.99. The molecule has 1 amide bonds. The van der Waals surface area contributed by atoms with Gasteiger partial charge in [0.05, 0.1) is 19.0 Å². The number of amides is 1. The van der Waals surface area contributed by atoms with E-state index in [4.69, 9.17) is 4.74 Å². The van der Waals surface area contributed by atoms with Crippen LogP contribution in [-0.4, -0.2) is 23.3 Å². The fourth-order valence-corrected chi connectivity index (χ4v) is 5.88. The first kappa shape index (κ1) is 35.2. The van der Waals surface area contributed by atoms with Gasteiger partial charge in [0.1, 0.15) is 0 Å². The molecule has 7 heteroatoms. The molecule has 0 N–H and O–H groups in total. The molecular weight excluding hydrogens is 599 g/mol. The van der Waals surface area contributed by atoms with Gasteiger partial charge in [-0.25, -0.2) is 4.39 Å². The smallest absolute Gasteiger partial charge is 0.224 e. The second-order valence-corrected chi connectivity index (χ2v) is 12.2. The van der Waals surface area contributed by atoms with Crippen molar-refractivity contribution in [3.8, 4) is 5.75 Å². The number of rotatable bonds is 19. The van der Waals surface area contributed by atoms with Gasteiger partial charge in [-0.3, -0.25) is 4.79 Å². The number of allylic oxidation sites excluding steroid dienone is 1. The molecule has 0 saturated carbocycles. The standard InChI is InChI=1S/C34H49FN2O2S.BrH/c1-4-5-6-7-8-9-10-11-12-13-14-15-21-39-34-20-19-31(23-33(34)35)26-37(29(3)38)32-18-16-17-30(22-32)25-36-24-28(2)40-27-36;/h16-20,22-24H,4-15,21,25-27H2,1-3H3;1H. The number of carbonyl (C=O) groups is 1. The molecule has 1 aliphatic heterocycles. The molecule has 0 bridgehead atoms. The van der Waals surface area contributed by atoms with E-state index in [1.165, 1.54) is 75.2 Å². The molecule has 0 aromatic heterocycles. The van der Waals surface area contributed by atoms with E-state index in [9.17, 15) is 9.18 Å². The van der Waals surface area contributed by atoms with E-state index in [1.54, 1.807) is 17.9 Å². The van der Waals surface area contributed by atoms with Crippen LogP contribution < -0.4 is 9.64 Å². The molecule has 0 atom stereocenters. The summed E-state index contributed by atoms with van der Waals surface area (Å²) in [5, 5.41) is 0. The van der Waals surface area contributed by atoms with E-state index < -0.39 is 0 Å². The first-order valence-electron chi connectivity index (χ1n) is 15.3. The minimum absolute atomic E-state index is 0. The lowest BCUT2D eigenvalue weighted by atomic mass is 10.1. The third-order valence-electron chi connectivity index (χ3n) is 7.40. The number of nitrogens with zero attached hydrogens (tertiary/aromatic N) is 2. The summed E-state index contributed by atoms with van der Waals surface area (Å²) in [4.78, 5) is 17.8. The van der Waals surface area contributed by atoms with Gasteiger partial charge in [0.2, 0.25) is 5.91 Å². The van der Waals surface area contributed by atoms with Gasteiger partial charge in [0.25, 0.3) is 0 Å². The average molecular weight is 650 g/mol. The molecule has 0 fully saturated rings. The number of hydrogen-bond acceptors (Lipinski definition) is 4. The van der Waals surface area contributed by atoms with Gasteiger partial charge < -0.3 is 14.5 Å². The van der Waals surface area contributed by atoms with Gasteiger partial charge in [-0.1, -0.05) is 95.8 Å². The van der Waals surface area contributed by atoms with Gasteiger partial charge >= 0.3 is 0 Å². The predicted molar refractivity (Wildman–Crippen MR) is 178 cm³/mol. The predicted octanol–water partition coefficient (Wildman–Crippen LogP) is 10.4. The number of hydrogen-bond donors (Lipinski definition) is 0. The van der Waals surface area contributed by atoms with Crippen LogP contribution in [0, 0.1) is 5.82 Å². The Morgan fingerprint density at radius 1 is 0.927 bits per heavy atom. The average Bonchev–Trinajstić information content (AvgIpc) is 3.35. The summed E-state index contributed by atoms with van der Waals surface area (Å²) in [6, 6.07) is 13.1. The van der Waals surface area contributed by atoms with Crippen molar-refractivity contribution in [1.29, 1.82) is 0 Å². The van der Waals surface area contributed by atoms with Crippen LogP contribution in [0.5, 0.6) is 5.75 Å². The van der Waals surface area contributed by atoms with Gasteiger partial charge in [-0.15, -0.1) is 28.7 Å². The molecule has 0 radical (unpaired) electrons. The number of halogens is 2. The quantitative estimate of drug-likeness (QED) is 0.142. The summed E-state index contributed by atoms with van der Waals surface area (Å²) in [5.74, 6) is 0.786. The molecule has 2 aromatic carbocycles. The monoisotopic (exact) mass is 648 g/mol. The van der Waals surface area contributed by atoms with Crippen molar-refractivity contribution < 1.29 is 13.9 Å². The molecule has 0 spiro atoms. The number of anilines is 1. The topological polar surface area (TPSA) is 32.8 Å². The molecule has 4 nitrogen and oxygen atoms in total. The van der Waals surface area contributed by atoms with E-state index in [1.807, 2.05) is 30.0 Å². The van der Waals surface area contributed by atoms with Gasteiger partial charge in [-0.05, 0) is 53.6 Å². The highest BCUT2D eigenvalue weighted by Gasteiger charge is 2.16. The van der Waals surface area contributed by atoms with Crippen LogP contribution in [0.25, 0.3) is 0 Å². The van der Waals surface area contributed by atoms with Crippen molar-refractivity contribution in [1.82, 2.24) is 4.90 Å². The number of ether oxygens (including phenoxy) is 1. The molecule has 0 saturated heterocycles. The Kier molecular flexibility index (Phi) is 17.2. The summed E-state index contributed by atoms with van der Waals surface area (Å²) in [5.41, 5.74) is 2.71. The Labute approximate surface area is 262 Å². The van der Waals surface area contributed by atoms with E-state index in [-0.39, 0.29) is 34.5 Å². The van der Waals surface area contributed by atoms with Crippen molar-refractivity contribution in [2.45, 2.75) is 111 Å². The maximum atomic E-state index is 14.8. The highest BCUT2D eigenvalue weighted by molar-refractivity contribution is 8.93. The summed E-state index contributed by atoms with van der Waals surface area (Å²) < 4.78 is 20.6. The third kappa shape index (κ3) is 13.2. The lowest BCUT2D eigenvalue weighted by Crippen LogP contribution is -2.28. The SMILES string of the molecule is Br.CCCCCCCCCCCCCCOc1ccc(CN(C(C)=O)c2cccc(CN3C=C(C)SC3)c2)cc1F. The fraction of sp³-hybridized carbons (Fsp3) is 0.559. The van der Waals surface area contributed by atoms with Crippen molar-refractivity contribution in [3.63, 3.8) is 0 Å². The van der Waals surface area contributed by atoms with Crippen LogP contribution >= 0.6 is 28.7 Å². The second-order valence-electron chi connectivity index (χ2n) is 11.0. The Balaban J connectivity index is 0.00000588. The highest BCUT2D eigenvalue weighted by atomic mass is 79.9. The van der Waals surface area contributed by atoms with Crippen LogP contribution in [0.2, 0.25) is 0 Å². The first-order chi connectivity index (χ1) is 19.5. The number of carbonyl (C=O) groups excluding carboxylic acids is 1. The van der Waals surface area contributed by atoms with E-state index in [2.05, 4.69) is 37.1 Å². The largest absolute Gasteiger partial charge is 0.491 e. The molecule has 41 heavy (non-hydrogen) atoms. The van der Waals surface area contributed by atoms with Gasteiger partial charge in [-0.2, -0.15) is 0 Å². The van der Waals surface area contributed by atoms with E-state index in [0.717, 1.165) is 42.1 Å². The highest BCUT2D eigenvalue weighted by Crippen LogP contribution is 2.28. The summed E-state index contributed by atoms with van der Waals surface area (Å²) in [6.07, 6.45) is 17.6. The maximum absolute atomic E-state index is 14.8. The Bertz CT molecular complexity index is 1080. The van der Waals surface area contributed by atoms with Crippen LogP contribution in [0.4, 0.5) is 10.1 Å². The molecule has 228 valence electrons. The number of benzene rings is 2. The molecule has 1 heterocycles. The molecule has 0 unspecified atom stereocenters. The number of thioether (sulfide) groups is 1. The zero-order valence-corrected chi connectivity index (χ0v) is 27.9. The van der Waals surface area contributed by atoms with Gasteiger partial charge in [0, 0.05) is 25.4 Å². The zero-order chi connectivity index (χ0) is 28.6. The lowest BCUT2D eigenvalue weighted by Gasteiger charge is -2.23. The van der Waals surface area contributed by atoms with E-state index >= 15 is 0 Å². The molecule has 0 aliphatic carbocycles. The number of unbranched alkanes of at least 4 members (excludes halogenated alkanes) is 11. The van der Waals surface area contributed by atoms with Crippen LogP contribution in [-0.2, 0) is 17.9 Å². The summed E-state index contributed by atoms with van der Waals surface area (Å²) >= 11 is 1.83. The minimum atomic E-state index is -0.373. The summed E-state index contributed by atoms with van der Waals surface area (Å²) in [7, 11) is 0. The van der Waals surface area contributed by atoms with Crippen LogP contribution in [0.1, 0.15) is 109 Å². The Morgan fingerprint density at radius 2 is 1.59 bits per heavy atom. The van der Waals surface area contributed by atoms with Crippen LogP contribution in [0.3, 0.4) is 0 Å². The molecule has 1 aliphatic rings. The van der Waals surface area contributed by atoms with Crippen LogP contribution in [0.15, 0.2) is 53.6 Å². The molecule has 2 aromatic rings. The first-order valence-corrected chi connectivity index (χ1v) is 16.3. The Morgan fingerprint density at radius 3 is 2.17 bits per heavy atom. The lowest BCUT2D eigenvalue weighted by molar-refractivity contribution is -0.116. The van der Waals surface area contributed by atoms with Crippen molar-refractivity contribution in [2.24, 2.45) is 0 Å². The molecule has 3 rings (SSSR count). The zero-order valence-electron chi connectivity index (χ0n) is 25.3. The fourth-order valence-electron chi connectivity index (χ4n) is 5.12. The van der Waals surface area contributed by atoms with Gasteiger partial charge in [0.15, 0.2) is 11.6 Å². The summed E-state index contributed by atoms with van der Waals surface area (Å²) in [6.45, 7) is 7.57. The normalized spacial score (nSPS) is 12.7. The van der Waals surface area contributed by atoms with Crippen molar-refractivity contribution in [3.05, 3.63) is 70.5 Å². The minimum Gasteiger partial charge on any atom is -0.491 e. The molecular formula is C34H50BrFN2O2S. The van der Waals surface area contributed by atoms with E-state index in [0.29, 0.717) is 13.2 Å².